The minimum atomic E-state index is -0.447. The van der Waals surface area contributed by atoms with Crippen LogP contribution in [0.2, 0.25) is 0 Å². The van der Waals surface area contributed by atoms with Gasteiger partial charge in [-0.1, -0.05) is 18.2 Å². The average molecular weight is 362 g/mol. The third kappa shape index (κ3) is 2.73. The van der Waals surface area contributed by atoms with Crippen LogP contribution in [0.4, 0.5) is 10.1 Å². The first-order valence-electron chi connectivity index (χ1n) is 9.45. The third-order valence-electron chi connectivity index (χ3n) is 5.94. The van der Waals surface area contributed by atoms with E-state index in [1.165, 1.54) is 33.7 Å². The molecule has 1 N–H and O–H groups in total. The second-order valence-electron chi connectivity index (χ2n) is 7.76. The van der Waals surface area contributed by atoms with Gasteiger partial charge < -0.3 is 9.88 Å². The third-order valence-corrected chi connectivity index (χ3v) is 5.94. The van der Waals surface area contributed by atoms with E-state index in [-0.39, 0.29) is 0 Å². The van der Waals surface area contributed by atoms with Crippen LogP contribution in [0.25, 0.3) is 16.5 Å². The predicted octanol–water partition coefficient (Wildman–Crippen LogP) is 3.69. The molecule has 2 aromatic heterocycles. The number of hydrogen-bond acceptors (Lipinski definition) is 3. The highest BCUT2D eigenvalue weighted by molar-refractivity contribution is 5.98. The Labute approximate surface area is 158 Å². The van der Waals surface area contributed by atoms with Gasteiger partial charge in [0, 0.05) is 49.2 Å². The van der Waals surface area contributed by atoms with Crippen LogP contribution in [-0.2, 0) is 13.5 Å². The molecule has 0 bridgehead atoms. The van der Waals surface area contributed by atoms with E-state index in [1.807, 2.05) is 0 Å². The van der Waals surface area contributed by atoms with E-state index < -0.39 is 5.95 Å². The monoisotopic (exact) mass is 362 g/mol. The molecule has 2 atom stereocenters. The van der Waals surface area contributed by atoms with Crippen molar-refractivity contribution >= 4 is 22.2 Å². The number of anilines is 1. The van der Waals surface area contributed by atoms with Gasteiger partial charge >= 0.3 is 0 Å². The van der Waals surface area contributed by atoms with Crippen LogP contribution < -0.4 is 5.32 Å². The smallest absolute Gasteiger partial charge is 0.212 e. The molecular weight excluding hydrogens is 339 g/mol. The number of halogens is 1. The van der Waals surface area contributed by atoms with E-state index in [1.54, 1.807) is 12.3 Å². The molecule has 138 valence electrons. The summed E-state index contributed by atoms with van der Waals surface area (Å²) in [6.45, 7) is 1.82. The van der Waals surface area contributed by atoms with Crippen LogP contribution in [0, 0.1) is 11.9 Å². The van der Waals surface area contributed by atoms with E-state index in [4.69, 9.17) is 0 Å². The van der Waals surface area contributed by atoms with Crippen LogP contribution >= 0.6 is 0 Å². The molecule has 5 rings (SSSR count). The molecule has 0 fully saturated rings. The van der Waals surface area contributed by atoms with Crippen molar-refractivity contribution in [1.29, 1.82) is 0 Å². The Kier molecular flexibility index (Phi) is 3.79. The standard InChI is InChI=1S/C22H23FN4/c1-26-12-14(10-24-16-6-7-21(23)25-11-16)8-18-17-4-3-5-19-22(17)15(9-20(18)26)13-27(19)2/h3-8,11,13-14,20,24H,9-10,12H2,1-2H3/t14-,20+/m0/s1. The Morgan fingerprint density at radius 3 is 2.93 bits per heavy atom. The van der Waals surface area contributed by atoms with E-state index in [0.717, 1.165) is 25.2 Å². The average Bonchev–Trinajstić information content (AvgIpc) is 2.99. The van der Waals surface area contributed by atoms with E-state index in [9.17, 15) is 4.39 Å². The number of nitrogens with zero attached hydrogens (tertiary/aromatic N) is 3. The number of benzene rings is 1. The molecule has 4 nitrogen and oxygen atoms in total. The molecule has 0 saturated carbocycles. The van der Waals surface area contributed by atoms with Crippen molar-refractivity contribution in [3.8, 4) is 0 Å². The van der Waals surface area contributed by atoms with Crippen molar-refractivity contribution in [3.05, 3.63) is 65.9 Å². The molecule has 27 heavy (non-hydrogen) atoms. The number of likely N-dealkylation sites (N-methyl/N-ethyl adjacent to an activating group) is 1. The molecule has 0 spiro atoms. The van der Waals surface area contributed by atoms with Crippen LogP contribution in [0.5, 0.6) is 0 Å². The van der Waals surface area contributed by atoms with Gasteiger partial charge in [0.2, 0.25) is 5.95 Å². The fourth-order valence-electron chi connectivity index (χ4n) is 4.68. The number of fused-ring (bicyclic) bond motifs is 2. The van der Waals surface area contributed by atoms with Gasteiger partial charge in [0.15, 0.2) is 0 Å². The second kappa shape index (κ2) is 6.20. The van der Waals surface area contributed by atoms with Gasteiger partial charge in [0.05, 0.1) is 11.9 Å². The van der Waals surface area contributed by atoms with E-state index in [2.05, 4.69) is 64.3 Å². The highest BCUT2D eigenvalue weighted by Gasteiger charge is 2.33. The fraction of sp³-hybridized carbons (Fsp3) is 0.318. The van der Waals surface area contributed by atoms with Crippen molar-refractivity contribution in [3.63, 3.8) is 0 Å². The largest absolute Gasteiger partial charge is 0.383 e. The summed E-state index contributed by atoms with van der Waals surface area (Å²) in [6, 6.07) is 10.2. The van der Waals surface area contributed by atoms with E-state index in [0.29, 0.717) is 12.0 Å². The molecule has 0 radical (unpaired) electrons. The number of aromatic nitrogens is 2. The number of pyridine rings is 1. The van der Waals surface area contributed by atoms with Crippen molar-refractivity contribution in [2.75, 3.05) is 25.5 Å². The molecule has 0 saturated heterocycles. The summed E-state index contributed by atoms with van der Waals surface area (Å²) in [5.41, 5.74) is 6.43. The number of rotatable bonds is 3. The van der Waals surface area contributed by atoms with Crippen molar-refractivity contribution in [2.24, 2.45) is 13.0 Å². The topological polar surface area (TPSA) is 33.1 Å². The quantitative estimate of drug-likeness (QED) is 0.722. The maximum Gasteiger partial charge on any atom is 0.212 e. The molecule has 2 aliphatic rings. The van der Waals surface area contributed by atoms with Gasteiger partial charge in [-0.25, -0.2) is 4.98 Å². The van der Waals surface area contributed by atoms with Crippen molar-refractivity contribution < 1.29 is 4.39 Å². The lowest BCUT2D eigenvalue weighted by Crippen LogP contribution is -2.43. The van der Waals surface area contributed by atoms with Gasteiger partial charge in [-0.05, 0) is 48.4 Å². The lowest BCUT2D eigenvalue weighted by Gasteiger charge is -2.40. The highest BCUT2D eigenvalue weighted by Crippen LogP contribution is 2.41. The zero-order valence-corrected chi connectivity index (χ0v) is 15.6. The zero-order valence-electron chi connectivity index (χ0n) is 15.6. The molecule has 1 aliphatic heterocycles. The SMILES string of the molecule is CN1C[C@H](CNc2ccc(F)nc2)C=C2c3cccc4c3c(cn4C)C[C@H]21. The minimum absolute atomic E-state index is 0.395. The summed E-state index contributed by atoms with van der Waals surface area (Å²) < 4.78 is 15.2. The van der Waals surface area contributed by atoms with Crippen LogP contribution in [-0.4, -0.2) is 40.6 Å². The predicted molar refractivity (Wildman–Crippen MR) is 107 cm³/mol. The Morgan fingerprint density at radius 1 is 1.22 bits per heavy atom. The molecule has 1 aliphatic carbocycles. The van der Waals surface area contributed by atoms with E-state index >= 15 is 0 Å². The number of nitrogens with one attached hydrogen (secondary N) is 1. The molecule has 3 aromatic rings. The van der Waals surface area contributed by atoms with Gasteiger partial charge in [-0.2, -0.15) is 4.39 Å². The summed E-state index contributed by atoms with van der Waals surface area (Å²) in [4.78, 5) is 6.19. The van der Waals surface area contributed by atoms with Crippen LogP contribution in [0.3, 0.4) is 0 Å². The molecule has 1 aromatic carbocycles. The summed E-state index contributed by atoms with van der Waals surface area (Å²) >= 11 is 0. The number of aryl methyl sites for hydroxylation is 1. The minimum Gasteiger partial charge on any atom is -0.383 e. The maximum absolute atomic E-state index is 13.0. The Hall–Kier alpha value is -2.66. The normalized spacial score (nSPS) is 21.8. The Bertz CT molecular complexity index is 1030. The van der Waals surface area contributed by atoms with Crippen molar-refractivity contribution in [2.45, 2.75) is 12.5 Å². The lowest BCUT2D eigenvalue weighted by molar-refractivity contribution is 0.249. The van der Waals surface area contributed by atoms with Crippen LogP contribution in [0.1, 0.15) is 11.1 Å². The molecule has 5 heteroatoms. The summed E-state index contributed by atoms with van der Waals surface area (Å²) in [7, 11) is 4.35. The first kappa shape index (κ1) is 16.5. The summed E-state index contributed by atoms with van der Waals surface area (Å²) in [6.07, 6.45) is 7.35. The van der Waals surface area contributed by atoms with Crippen molar-refractivity contribution in [1.82, 2.24) is 14.5 Å². The van der Waals surface area contributed by atoms with Gasteiger partial charge in [0.25, 0.3) is 0 Å². The first-order chi connectivity index (χ1) is 13.1. The molecule has 3 heterocycles. The highest BCUT2D eigenvalue weighted by atomic mass is 19.1. The molecular formula is C22H23FN4. The fourth-order valence-corrected chi connectivity index (χ4v) is 4.68. The summed E-state index contributed by atoms with van der Waals surface area (Å²) in [5, 5.41) is 4.81. The molecule has 0 amide bonds. The number of hydrogen-bond donors (Lipinski definition) is 1. The van der Waals surface area contributed by atoms with Gasteiger partial charge in [-0.3, -0.25) is 4.90 Å². The second-order valence-corrected chi connectivity index (χ2v) is 7.76. The van der Waals surface area contributed by atoms with Gasteiger partial charge in [-0.15, -0.1) is 0 Å². The van der Waals surface area contributed by atoms with Gasteiger partial charge in [0.1, 0.15) is 0 Å². The summed E-state index contributed by atoms with van der Waals surface area (Å²) in [5.74, 6) is -0.0521. The lowest BCUT2D eigenvalue weighted by atomic mass is 9.80. The Balaban J connectivity index is 1.47. The van der Waals surface area contributed by atoms with Crippen LogP contribution in [0.15, 0.2) is 48.8 Å². The zero-order chi connectivity index (χ0) is 18.5. The Morgan fingerprint density at radius 2 is 2.11 bits per heavy atom. The molecule has 0 unspecified atom stereocenters. The first-order valence-corrected chi connectivity index (χ1v) is 9.45. The maximum atomic E-state index is 13.0.